The number of halogens is 2. The number of rotatable bonds is 5. The molecule has 0 aliphatic heterocycles. The van der Waals surface area contributed by atoms with E-state index in [1.54, 1.807) is 18.0 Å². The predicted octanol–water partition coefficient (Wildman–Crippen LogP) is 3.49. The van der Waals surface area contributed by atoms with E-state index in [0.29, 0.717) is 22.5 Å². The maximum Gasteiger partial charge on any atom is 0.262 e. The van der Waals surface area contributed by atoms with Crippen molar-refractivity contribution in [3.8, 4) is 0 Å². The van der Waals surface area contributed by atoms with Gasteiger partial charge in [-0.2, -0.15) is 0 Å². The van der Waals surface area contributed by atoms with Gasteiger partial charge in [0.2, 0.25) is 0 Å². The lowest BCUT2D eigenvalue weighted by Crippen LogP contribution is -2.31. The molecule has 0 saturated carbocycles. The zero-order valence-electron chi connectivity index (χ0n) is 11.6. The fraction of sp³-hybridized carbons (Fsp3) is 0.462. The number of hydrogen-bond donors (Lipinski definition) is 0. The summed E-state index contributed by atoms with van der Waals surface area (Å²) in [4.78, 5) is 13.7. The molecule has 0 N–H and O–H groups in total. The molecule has 1 amide bonds. The highest BCUT2D eigenvalue weighted by atomic mass is 79.9. The van der Waals surface area contributed by atoms with Crippen LogP contribution in [0.4, 0.5) is 0 Å². The van der Waals surface area contributed by atoms with E-state index in [1.165, 1.54) is 12.1 Å². The zero-order valence-corrected chi connectivity index (χ0v) is 14.7. The lowest BCUT2D eigenvalue weighted by atomic mass is 10.1. The van der Waals surface area contributed by atoms with Crippen LogP contribution in [0.25, 0.3) is 0 Å². The minimum atomic E-state index is -3.89. The standard InChI is InChI=1S/C13H17BrClNO3S/c1-4-9(2)8-16(3)13(17)10-5-6-11(14)12(7-10)20(15,18)19/h5-7,9H,4,8H2,1-3H3. The van der Waals surface area contributed by atoms with Gasteiger partial charge in [-0.3, -0.25) is 4.79 Å². The topological polar surface area (TPSA) is 54.5 Å². The van der Waals surface area contributed by atoms with Gasteiger partial charge in [-0.25, -0.2) is 8.42 Å². The average molecular weight is 383 g/mol. The maximum absolute atomic E-state index is 12.3. The van der Waals surface area contributed by atoms with Crippen LogP contribution in [0.3, 0.4) is 0 Å². The normalized spacial score (nSPS) is 13.1. The Morgan fingerprint density at radius 3 is 2.55 bits per heavy atom. The van der Waals surface area contributed by atoms with Crippen LogP contribution in [-0.4, -0.2) is 32.8 Å². The molecule has 1 atom stereocenters. The minimum absolute atomic E-state index is 0.0954. The molecule has 0 heterocycles. The second-order valence-electron chi connectivity index (χ2n) is 4.78. The third-order valence-electron chi connectivity index (χ3n) is 3.07. The van der Waals surface area contributed by atoms with Crippen molar-refractivity contribution in [1.82, 2.24) is 4.90 Å². The van der Waals surface area contributed by atoms with Gasteiger partial charge in [0.25, 0.3) is 15.0 Å². The van der Waals surface area contributed by atoms with Crippen LogP contribution in [0.15, 0.2) is 27.6 Å². The van der Waals surface area contributed by atoms with Gasteiger partial charge in [-0.05, 0) is 40.0 Å². The lowest BCUT2D eigenvalue weighted by Gasteiger charge is -2.21. The summed E-state index contributed by atoms with van der Waals surface area (Å²) in [7, 11) is 3.16. The van der Waals surface area contributed by atoms with Crippen molar-refractivity contribution in [1.29, 1.82) is 0 Å². The molecule has 7 heteroatoms. The van der Waals surface area contributed by atoms with Crippen molar-refractivity contribution in [2.75, 3.05) is 13.6 Å². The Hall–Kier alpha value is -0.590. The highest BCUT2D eigenvalue weighted by Gasteiger charge is 2.19. The van der Waals surface area contributed by atoms with Crippen molar-refractivity contribution in [2.24, 2.45) is 5.92 Å². The Morgan fingerprint density at radius 2 is 2.05 bits per heavy atom. The summed E-state index contributed by atoms with van der Waals surface area (Å²) < 4.78 is 23.2. The highest BCUT2D eigenvalue weighted by molar-refractivity contribution is 9.10. The van der Waals surface area contributed by atoms with Crippen molar-refractivity contribution in [2.45, 2.75) is 25.2 Å². The highest BCUT2D eigenvalue weighted by Crippen LogP contribution is 2.26. The molecule has 0 aliphatic rings. The summed E-state index contributed by atoms with van der Waals surface area (Å²) in [5.41, 5.74) is 0.304. The van der Waals surface area contributed by atoms with Gasteiger partial charge in [-0.1, -0.05) is 20.3 Å². The first-order valence-electron chi connectivity index (χ1n) is 6.16. The van der Waals surface area contributed by atoms with Crippen molar-refractivity contribution >= 4 is 41.6 Å². The van der Waals surface area contributed by atoms with Crippen LogP contribution in [0, 0.1) is 5.92 Å². The van der Waals surface area contributed by atoms with Crippen LogP contribution in [-0.2, 0) is 9.05 Å². The summed E-state index contributed by atoms with van der Waals surface area (Å²) in [5.74, 6) is 0.162. The quantitative estimate of drug-likeness (QED) is 0.732. The van der Waals surface area contributed by atoms with Crippen molar-refractivity contribution in [3.63, 3.8) is 0 Å². The Balaban J connectivity index is 3.06. The van der Waals surface area contributed by atoms with E-state index in [2.05, 4.69) is 29.8 Å². The summed E-state index contributed by atoms with van der Waals surface area (Å²) >= 11 is 3.12. The molecule has 1 unspecified atom stereocenters. The van der Waals surface area contributed by atoms with E-state index in [1.807, 2.05) is 0 Å². The van der Waals surface area contributed by atoms with Crippen LogP contribution in [0.1, 0.15) is 30.6 Å². The van der Waals surface area contributed by atoms with Crippen molar-refractivity contribution < 1.29 is 13.2 Å². The summed E-state index contributed by atoms with van der Waals surface area (Å²) in [6, 6.07) is 4.38. The summed E-state index contributed by atoms with van der Waals surface area (Å²) in [5, 5.41) is 0. The van der Waals surface area contributed by atoms with Crippen LogP contribution < -0.4 is 0 Å². The monoisotopic (exact) mass is 381 g/mol. The molecule has 0 fully saturated rings. The second kappa shape index (κ2) is 6.91. The van der Waals surface area contributed by atoms with Gasteiger partial charge >= 0.3 is 0 Å². The first-order valence-corrected chi connectivity index (χ1v) is 9.26. The van der Waals surface area contributed by atoms with E-state index in [-0.39, 0.29) is 10.8 Å². The summed E-state index contributed by atoms with van der Waals surface area (Å²) in [6.07, 6.45) is 0.971. The molecule has 0 aliphatic carbocycles. The van der Waals surface area contributed by atoms with Gasteiger partial charge in [0.1, 0.15) is 0 Å². The number of benzene rings is 1. The fourth-order valence-electron chi connectivity index (χ4n) is 1.72. The number of hydrogen-bond acceptors (Lipinski definition) is 3. The smallest absolute Gasteiger partial charge is 0.262 e. The van der Waals surface area contributed by atoms with E-state index < -0.39 is 9.05 Å². The third-order valence-corrected chi connectivity index (χ3v) is 5.39. The molecule has 0 spiro atoms. The molecule has 1 aromatic carbocycles. The molecule has 1 aromatic rings. The Labute approximate surface area is 132 Å². The SMILES string of the molecule is CCC(C)CN(C)C(=O)c1ccc(Br)c(S(=O)(=O)Cl)c1. The van der Waals surface area contributed by atoms with Crippen LogP contribution in [0.5, 0.6) is 0 Å². The average Bonchev–Trinajstić information content (AvgIpc) is 2.36. The molecule has 1 rings (SSSR count). The van der Waals surface area contributed by atoms with Crippen LogP contribution in [0.2, 0.25) is 0 Å². The van der Waals surface area contributed by atoms with Crippen LogP contribution >= 0.6 is 26.6 Å². The minimum Gasteiger partial charge on any atom is -0.341 e. The molecular formula is C13H17BrClNO3S. The number of amides is 1. The van der Waals surface area contributed by atoms with Gasteiger partial charge in [0.15, 0.2) is 0 Å². The molecule has 4 nitrogen and oxygen atoms in total. The van der Waals surface area contributed by atoms with Crippen molar-refractivity contribution in [3.05, 3.63) is 28.2 Å². The second-order valence-corrected chi connectivity index (χ2v) is 8.17. The van der Waals surface area contributed by atoms with Gasteiger partial charge in [0, 0.05) is 34.3 Å². The van der Waals surface area contributed by atoms with Gasteiger partial charge in [0.05, 0.1) is 4.90 Å². The summed E-state index contributed by atoms with van der Waals surface area (Å²) in [6.45, 7) is 4.73. The molecule has 0 saturated heterocycles. The van der Waals surface area contributed by atoms with Gasteiger partial charge in [-0.15, -0.1) is 0 Å². The largest absolute Gasteiger partial charge is 0.341 e. The third kappa shape index (κ3) is 4.46. The fourth-order valence-corrected chi connectivity index (χ4v) is 3.84. The van der Waals surface area contributed by atoms with Gasteiger partial charge < -0.3 is 4.90 Å². The molecule has 0 aromatic heterocycles. The molecule has 20 heavy (non-hydrogen) atoms. The maximum atomic E-state index is 12.3. The van der Waals surface area contributed by atoms with E-state index in [4.69, 9.17) is 10.7 Å². The molecule has 0 radical (unpaired) electrons. The first kappa shape index (κ1) is 17.5. The Morgan fingerprint density at radius 1 is 1.45 bits per heavy atom. The Bertz CT molecular complexity index is 604. The Kier molecular flexibility index (Phi) is 6.04. The lowest BCUT2D eigenvalue weighted by molar-refractivity contribution is 0.0774. The first-order chi connectivity index (χ1) is 9.16. The number of carbonyl (C=O) groups excluding carboxylic acids is 1. The zero-order chi connectivity index (χ0) is 15.5. The number of nitrogens with zero attached hydrogens (tertiary/aromatic N) is 1. The molecule has 112 valence electrons. The van der Waals surface area contributed by atoms with E-state index in [0.717, 1.165) is 6.42 Å². The van der Waals surface area contributed by atoms with E-state index in [9.17, 15) is 13.2 Å². The molecule has 0 bridgehead atoms. The predicted molar refractivity (Wildman–Crippen MR) is 83.6 cm³/mol. The van der Waals surface area contributed by atoms with E-state index >= 15 is 0 Å². The number of carbonyl (C=O) groups is 1. The molecular weight excluding hydrogens is 366 g/mol.